The predicted molar refractivity (Wildman–Crippen MR) is 84.7 cm³/mol. The molecule has 1 aliphatic heterocycles. The van der Waals surface area contributed by atoms with Crippen molar-refractivity contribution in [3.05, 3.63) is 35.6 Å². The van der Waals surface area contributed by atoms with Gasteiger partial charge in [-0.3, -0.25) is 0 Å². The molecule has 116 valence electrons. The average Bonchev–Trinajstić information content (AvgIpc) is 3.05. The molecule has 0 bridgehead atoms. The van der Waals surface area contributed by atoms with Gasteiger partial charge in [-0.2, -0.15) is 0 Å². The van der Waals surface area contributed by atoms with Crippen molar-refractivity contribution in [1.82, 2.24) is 10.2 Å². The Morgan fingerprint density at radius 1 is 1.19 bits per heavy atom. The molecular weight excluding hydrogens is 263 g/mol. The van der Waals surface area contributed by atoms with Crippen LogP contribution in [0.2, 0.25) is 0 Å². The lowest BCUT2D eigenvalue weighted by Crippen LogP contribution is -2.28. The first-order valence-corrected chi connectivity index (χ1v) is 8.47. The van der Waals surface area contributed by atoms with E-state index >= 15 is 0 Å². The molecule has 1 heterocycles. The number of nitrogens with one attached hydrogen (secondary N) is 1. The molecule has 1 aromatic carbocycles. The van der Waals surface area contributed by atoms with Gasteiger partial charge in [0, 0.05) is 19.1 Å². The third kappa shape index (κ3) is 3.64. The van der Waals surface area contributed by atoms with Crippen LogP contribution in [-0.2, 0) is 0 Å². The second kappa shape index (κ2) is 6.89. The maximum atomic E-state index is 13.1. The van der Waals surface area contributed by atoms with Crippen LogP contribution < -0.4 is 5.32 Å². The molecule has 2 nitrogen and oxygen atoms in total. The Bertz CT molecular complexity index is 433. The van der Waals surface area contributed by atoms with Gasteiger partial charge in [0.1, 0.15) is 5.82 Å². The zero-order valence-corrected chi connectivity index (χ0v) is 13.0. The number of likely N-dealkylation sites (tertiary alicyclic amines) is 1. The summed E-state index contributed by atoms with van der Waals surface area (Å²) in [5.74, 6) is 1.78. The molecular formula is C18H27FN2. The topological polar surface area (TPSA) is 15.3 Å². The van der Waals surface area contributed by atoms with Crippen molar-refractivity contribution < 1.29 is 4.39 Å². The van der Waals surface area contributed by atoms with Crippen LogP contribution in [0.3, 0.4) is 0 Å². The fourth-order valence-corrected chi connectivity index (χ4v) is 4.15. The molecule has 0 amide bonds. The van der Waals surface area contributed by atoms with E-state index in [9.17, 15) is 4.39 Å². The van der Waals surface area contributed by atoms with E-state index in [4.69, 9.17) is 0 Å². The van der Waals surface area contributed by atoms with Gasteiger partial charge in [0.15, 0.2) is 0 Å². The van der Waals surface area contributed by atoms with Gasteiger partial charge in [0.25, 0.3) is 0 Å². The normalized spacial score (nSPS) is 27.0. The Balaban J connectivity index is 1.54. The summed E-state index contributed by atoms with van der Waals surface area (Å²) in [5, 5.41) is 3.54. The van der Waals surface area contributed by atoms with E-state index in [1.165, 1.54) is 37.9 Å². The van der Waals surface area contributed by atoms with Gasteiger partial charge < -0.3 is 10.2 Å². The number of halogens is 1. The first-order valence-electron chi connectivity index (χ1n) is 8.47. The number of fused-ring (bicyclic) bond motifs is 1. The summed E-state index contributed by atoms with van der Waals surface area (Å²) >= 11 is 0. The summed E-state index contributed by atoms with van der Waals surface area (Å²) in [5.41, 5.74) is 1.21. The highest BCUT2D eigenvalue weighted by Crippen LogP contribution is 2.37. The Hall–Kier alpha value is -0.930. The molecule has 2 aliphatic rings. The van der Waals surface area contributed by atoms with Crippen molar-refractivity contribution in [1.29, 1.82) is 0 Å². The summed E-state index contributed by atoms with van der Waals surface area (Å²) in [6.07, 6.45) is 5.43. The molecule has 0 radical (unpaired) electrons. The van der Waals surface area contributed by atoms with Crippen molar-refractivity contribution in [3.8, 4) is 0 Å². The number of rotatable bonds is 6. The number of hydrogen-bond acceptors (Lipinski definition) is 2. The molecule has 3 unspecified atom stereocenters. The van der Waals surface area contributed by atoms with Crippen LogP contribution in [-0.4, -0.2) is 31.1 Å². The number of hydrogen-bond donors (Lipinski definition) is 1. The number of benzene rings is 1. The third-order valence-corrected chi connectivity index (χ3v) is 5.26. The SMILES string of the molecule is CCNC(CCN1CC2CCCC2C1)c1ccc(F)cc1. The fraction of sp³-hybridized carbons (Fsp3) is 0.667. The van der Waals surface area contributed by atoms with Crippen molar-refractivity contribution in [2.45, 2.75) is 38.6 Å². The van der Waals surface area contributed by atoms with E-state index < -0.39 is 0 Å². The first kappa shape index (κ1) is 15.0. The van der Waals surface area contributed by atoms with E-state index in [1.54, 1.807) is 12.1 Å². The lowest BCUT2D eigenvalue weighted by atomic mass is 10.0. The maximum Gasteiger partial charge on any atom is 0.123 e. The Morgan fingerprint density at radius 2 is 1.86 bits per heavy atom. The molecule has 1 saturated carbocycles. The zero-order chi connectivity index (χ0) is 14.7. The van der Waals surface area contributed by atoms with Gasteiger partial charge in [0.2, 0.25) is 0 Å². The highest BCUT2D eigenvalue weighted by molar-refractivity contribution is 5.20. The zero-order valence-electron chi connectivity index (χ0n) is 13.0. The Labute approximate surface area is 127 Å². The van der Waals surface area contributed by atoms with Crippen molar-refractivity contribution in [3.63, 3.8) is 0 Å². The van der Waals surface area contributed by atoms with Crippen molar-refractivity contribution in [2.24, 2.45) is 11.8 Å². The lowest BCUT2D eigenvalue weighted by molar-refractivity contribution is 0.289. The molecule has 3 heteroatoms. The van der Waals surface area contributed by atoms with Crippen LogP contribution in [0.5, 0.6) is 0 Å². The summed E-state index contributed by atoms with van der Waals surface area (Å²) in [7, 11) is 0. The molecule has 21 heavy (non-hydrogen) atoms. The second-order valence-corrected chi connectivity index (χ2v) is 6.66. The minimum Gasteiger partial charge on any atom is -0.310 e. The molecule has 0 aromatic heterocycles. The number of nitrogens with zero attached hydrogens (tertiary/aromatic N) is 1. The molecule has 1 aromatic rings. The molecule has 1 saturated heterocycles. The Morgan fingerprint density at radius 3 is 2.48 bits per heavy atom. The van der Waals surface area contributed by atoms with Crippen LogP contribution in [0.1, 0.15) is 44.2 Å². The van der Waals surface area contributed by atoms with Crippen LogP contribution in [0.4, 0.5) is 4.39 Å². The van der Waals surface area contributed by atoms with E-state index in [1.807, 2.05) is 12.1 Å². The van der Waals surface area contributed by atoms with Crippen molar-refractivity contribution >= 4 is 0 Å². The summed E-state index contributed by atoms with van der Waals surface area (Å²) < 4.78 is 13.1. The molecule has 0 spiro atoms. The Kier molecular flexibility index (Phi) is 4.91. The maximum absolute atomic E-state index is 13.1. The van der Waals surface area contributed by atoms with Crippen LogP contribution in [0.25, 0.3) is 0 Å². The monoisotopic (exact) mass is 290 g/mol. The molecule has 3 rings (SSSR count). The summed E-state index contributed by atoms with van der Waals surface area (Å²) in [6.45, 7) is 6.84. The quantitative estimate of drug-likeness (QED) is 0.861. The van der Waals surface area contributed by atoms with Crippen LogP contribution >= 0.6 is 0 Å². The van der Waals surface area contributed by atoms with E-state index in [0.29, 0.717) is 6.04 Å². The minimum absolute atomic E-state index is 0.152. The van der Waals surface area contributed by atoms with Crippen molar-refractivity contribution in [2.75, 3.05) is 26.2 Å². The average molecular weight is 290 g/mol. The highest BCUT2D eigenvalue weighted by atomic mass is 19.1. The third-order valence-electron chi connectivity index (χ3n) is 5.26. The van der Waals surface area contributed by atoms with Gasteiger partial charge in [-0.05, 0) is 61.9 Å². The molecule has 3 atom stereocenters. The molecule has 2 fully saturated rings. The van der Waals surface area contributed by atoms with Crippen LogP contribution in [0.15, 0.2) is 24.3 Å². The summed E-state index contributed by atoms with van der Waals surface area (Å²) in [6, 6.07) is 7.32. The second-order valence-electron chi connectivity index (χ2n) is 6.66. The fourth-order valence-electron chi connectivity index (χ4n) is 4.15. The van der Waals surface area contributed by atoms with Gasteiger partial charge in [0.05, 0.1) is 0 Å². The largest absolute Gasteiger partial charge is 0.310 e. The molecule has 1 aliphatic carbocycles. The molecule has 1 N–H and O–H groups in total. The summed E-state index contributed by atoms with van der Waals surface area (Å²) in [4.78, 5) is 2.64. The van der Waals surface area contributed by atoms with E-state index in [0.717, 1.165) is 31.3 Å². The van der Waals surface area contributed by atoms with Gasteiger partial charge in [-0.15, -0.1) is 0 Å². The van der Waals surface area contributed by atoms with Gasteiger partial charge in [-0.1, -0.05) is 25.5 Å². The predicted octanol–water partition coefficient (Wildman–Crippen LogP) is 3.60. The first-order chi connectivity index (χ1) is 10.3. The van der Waals surface area contributed by atoms with Crippen LogP contribution in [0, 0.1) is 17.7 Å². The van der Waals surface area contributed by atoms with Gasteiger partial charge in [-0.25, -0.2) is 4.39 Å². The standard InChI is InChI=1S/C18H27FN2/c1-2-20-18(14-6-8-17(19)9-7-14)10-11-21-12-15-4-3-5-16(15)13-21/h6-9,15-16,18,20H,2-5,10-13H2,1H3. The highest BCUT2D eigenvalue weighted by Gasteiger charge is 2.35. The minimum atomic E-state index is -0.152. The van der Waals surface area contributed by atoms with Gasteiger partial charge >= 0.3 is 0 Å². The van der Waals surface area contributed by atoms with E-state index in [-0.39, 0.29) is 5.82 Å². The smallest absolute Gasteiger partial charge is 0.123 e. The lowest BCUT2D eigenvalue weighted by Gasteiger charge is -2.23. The van der Waals surface area contributed by atoms with E-state index in [2.05, 4.69) is 17.1 Å².